The molecule has 1 amide bonds. The first-order chi connectivity index (χ1) is 13.7. The topological polar surface area (TPSA) is 55.6 Å². The molecule has 0 aliphatic carbocycles. The van der Waals surface area contributed by atoms with Crippen LogP contribution in [0.3, 0.4) is 0 Å². The highest BCUT2D eigenvalue weighted by molar-refractivity contribution is 5.76. The maximum atomic E-state index is 12.7. The molecular formula is C23H26N2O3. The maximum absolute atomic E-state index is 12.7. The number of fused-ring (bicyclic) bond motifs is 1. The van der Waals surface area contributed by atoms with Crippen molar-refractivity contribution < 1.29 is 13.9 Å². The number of hydrogen-bond acceptors (Lipinski definition) is 4. The number of likely N-dealkylation sites (tertiary alicyclic amines) is 1. The Morgan fingerprint density at radius 3 is 2.68 bits per heavy atom. The summed E-state index contributed by atoms with van der Waals surface area (Å²) in [6.07, 6.45) is 3.01. The van der Waals surface area contributed by atoms with Crippen LogP contribution in [-0.2, 0) is 11.2 Å². The van der Waals surface area contributed by atoms with Gasteiger partial charge in [-0.05, 0) is 49.9 Å². The van der Waals surface area contributed by atoms with Gasteiger partial charge in [-0.25, -0.2) is 4.98 Å². The monoisotopic (exact) mass is 378 g/mol. The molecule has 0 atom stereocenters. The van der Waals surface area contributed by atoms with Gasteiger partial charge < -0.3 is 14.1 Å². The Labute approximate surface area is 165 Å². The second kappa shape index (κ2) is 8.46. The number of amides is 1. The van der Waals surface area contributed by atoms with Crippen molar-refractivity contribution in [1.82, 2.24) is 9.88 Å². The normalized spacial score (nSPS) is 15.1. The molecule has 3 aromatic rings. The van der Waals surface area contributed by atoms with Gasteiger partial charge in [-0.2, -0.15) is 0 Å². The second-order valence-electron chi connectivity index (χ2n) is 7.22. The Bertz CT molecular complexity index is 909. The van der Waals surface area contributed by atoms with E-state index < -0.39 is 0 Å². The lowest BCUT2D eigenvalue weighted by Gasteiger charge is -2.30. The predicted molar refractivity (Wildman–Crippen MR) is 108 cm³/mol. The van der Waals surface area contributed by atoms with Crippen LogP contribution in [0.1, 0.15) is 43.6 Å². The van der Waals surface area contributed by atoms with Crippen LogP contribution in [0.15, 0.2) is 52.9 Å². The van der Waals surface area contributed by atoms with E-state index >= 15 is 0 Å². The third-order valence-electron chi connectivity index (χ3n) is 5.39. The molecule has 146 valence electrons. The highest BCUT2D eigenvalue weighted by Crippen LogP contribution is 2.30. The van der Waals surface area contributed by atoms with E-state index in [0.29, 0.717) is 19.4 Å². The first-order valence-corrected chi connectivity index (χ1v) is 10.1. The Hall–Kier alpha value is -2.82. The Balaban J connectivity index is 1.31. The summed E-state index contributed by atoms with van der Waals surface area (Å²) in [5.74, 6) is 2.18. The molecule has 1 saturated heterocycles. The zero-order chi connectivity index (χ0) is 19.3. The Morgan fingerprint density at radius 1 is 1.14 bits per heavy atom. The van der Waals surface area contributed by atoms with E-state index in [4.69, 9.17) is 9.15 Å². The molecule has 0 saturated carbocycles. The van der Waals surface area contributed by atoms with Crippen LogP contribution >= 0.6 is 0 Å². The molecule has 0 N–H and O–H groups in total. The molecule has 0 bridgehead atoms. The minimum Gasteiger partial charge on any atom is -0.494 e. The van der Waals surface area contributed by atoms with E-state index in [0.717, 1.165) is 54.2 Å². The molecule has 4 rings (SSSR count). The lowest BCUT2D eigenvalue weighted by molar-refractivity contribution is -0.132. The fourth-order valence-electron chi connectivity index (χ4n) is 3.85. The van der Waals surface area contributed by atoms with Crippen LogP contribution in [0.25, 0.3) is 11.1 Å². The zero-order valence-electron chi connectivity index (χ0n) is 16.3. The van der Waals surface area contributed by atoms with Crippen molar-refractivity contribution >= 4 is 17.0 Å². The summed E-state index contributed by atoms with van der Waals surface area (Å²) < 4.78 is 11.6. The number of aromatic nitrogens is 1. The van der Waals surface area contributed by atoms with Crippen LogP contribution in [-0.4, -0.2) is 35.5 Å². The van der Waals surface area contributed by atoms with Gasteiger partial charge in [0, 0.05) is 25.4 Å². The summed E-state index contributed by atoms with van der Waals surface area (Å²) >= 11 is 0. The third kappa shape index (κ3) is 4.03. The number of rotatable bonds is 6. The standard InChI is InChI=1S/C23H26N2O3/c1-2-27-20-9-5-3-7-17(20)11-12-22(26)25-15-13-18(14-16-25)23-24-19-8-4-6-10-21(19)28-23/h3-10,18H,2,11-16H2,1H3. The fraction of sp³-hybridized carbons (Fsp3) is 0.391. The smallest absolute Gasteiger partial charge is 0.222 e. The summed E-state index contributed by atoms with van der Waals surface area (Å²) in [4.78, 5) is 19.3. The van der Waals surface area contributed by atoms with Gasteiger partial charge >= 0.3 is 0 Å². The average molecular weight is 378 g/mol. The molecular weight excluding hydrogens is 352 g/mol. The molecule has 5 nitrogen and oxygen atoms in total. The van der Waals surface area contributed by atoms with E-state index in [2.05, 4.69) is 4.98 Å². The van der Waals surface area contributed by atoms with Crippen molar-refractivity contribution in [2.24, 2.45) is 0 Å². The number of hydrogen-bond donors (Lipinski definition) is 0. The van der Waals surface area contributed by atoms with Crippen LogP contribution in [0.5, 0.6) is 5.75 Å². The number of ether oxygens (including phenoxy) is 1. The SMILES string of the molecule is CCOc1ccccc1CCC(=O)N1CCC(c2nc3ccccc3o2)CC1. The Morgan fingerprint density at radius 2 is 1.89 bits per heavy atom. The zero-order valence-corrected chi connectivity index (χ0v) is 16.3. The van der Waals surface area contributed by atoms with Gasteiger partial charge in [0.15, 0.2) is 11.5 Å². The summed E-state index contributed by atoms with van der Waals surface area (Å²) in [6, 6.07) is 15.8. The van der Waals surface area contributed by atoms with Gasteiger partial charge in [0.1, 0.15) is 11.3 Å². The lowest BCUT2D eigenvalue weighted by Crippen LogP contribution is -2.38. The summed E-state index contributed by atoms with van der Waals surface area (Å²) in [5, 5.41) is 0. The summed E-state index contributed by atoms with van der Waals surface area (Å²) in [5.41, 5.74) is 2.84. The molecule has 1 aliphatic rings. The average Bonchev–Trinajstić information content (AvgIpc) is 3.17. The van der Waals surface area contributed by atoms with Gasteiger partial charge in [-0.15, -0.1) is 0 Å². The second-order valence-corrected chi connectivity index (χ2v) is 7.22. The van der Waals surface area contributed by atoms with Gasteiger partial charge in [-0.3, -0.25) is 4.79 Å². The molecule has 0 unspecified atom stereocenters. The van der Waals surface area contributed by atoms with E-state index in [1.54, 1.807) is 0 Å². The number of oxazole rings is 1. The first-order valence-electron chi connectivity index (χ1n) is 10.1. The lowest BCUT2D eigenvalue weighted by atomic mass is 9.96. The number of para-hydroxylation sites is 3. The number of benzene rings is 2. The number of aryl methyl sites for hydroxylation is 1. The van der Waals surface area contributed by atoms with Gasteiger partial charge in [0.2, 0.25) is 5.91 Å². The summed E-state index contributed by atoms with van der Waals surface area (Å²) in [7, 11) is 0. The number of carbonyl (C=O) groups is 1. The van der Waals surface area contributed by atoms with Crippen LogP contribution < -0.4 is 4.74 Å². The summed E-state index contributed by atoms with van der Waals surface area (Å²) in [6.45, 7) is 4.13. The van der Waals surface area contributed by atoms with E-state index in [9.17, 15) is 4.79 Å². The van der Waals surface area contributed by atoms with Gasteiger partial charge in [0.25, 0.3) is 0 Å². The number of piperidine rings is 1. The third-order valence-corrected chi connectivity index (χ3v) is 5.39. The van der Waals surface area contributed by atoms with Crippen molar-refractivity contribution in [2.75, 3.05) is 19.7 Å². The van der Waals surface area contributed by atoms with Crippen molar-refractivity contribution in [3.63, 3.8) is 0 Å². The molecule has 1 fully saturated rings. The van der Waals surface area contributed by atoms with Crippen molar-refractivity contribution in [1.29, 1.82) is 0 Å². The molecule has 2 heterocycles. The predicted octanol–water partition coefficient (Wildman–Crippen LogP) is 4.57. The Kier molecular flexibility index (Phi) is 5.60. The minimum absolute atomic E-state index is 0.210. The molecule has 5 heteroatoms. The molecule has 0 spiro atoms. The minimum atomic E-state index is 0.210. The fourth-order valence-corrected chi connectivity index (χ4v) is 3.85. The molecule has 1 aromatic heterocycles. The van der Waals surface area contributed by atoms with Crippen molar-refractivity contribution in [3.8, 4) is 5.75 Å². The van der Waals surface area contributed by atoms with Crippen LogP contribution in [0.2, 0.25) is 0 Å². The van der Waals surface area contributed by atoms with Gasteiger partial charge in [-0.1, -0.05) is 30.3 Å². The van der Waals surface area contributed by atoms with E-state index in [1.807, 2.05) is 60.4 Å². The molecule has 0 radical (unpaired) electrons. The highest BCUT2D eigenvalue weighted by Gasteiger charge is 2.27. The number of nitrogens with zero attached hydrogens (tertiary/aromatic N) is 2. The highest BCUT2D eigenvalue weighted by atomic mass is 16.5. The van der Waals surface area contributed by atoms with E-state index in [1.165, 1.54) is 0 Å². The maximum Gasteiger partial charge on any atom is 0.222 e. The van der Waals surface area contributed by atoms with Gasteiger partial charge in [0.05, 0.1) is 6.61 Å². The van der Waals surface area contributed by atoms with Crippen molar-refractivity contribution in [2.45, 2.75) is 38.5 Å². The number of carbonyl (C=O) groups excluding carboxylic acids is 1. The quantitative estimate of drug-likeness (QED) is 0.631. The molecule has 1 aliphatic heterocycles. The largest absolute Gasteiger partial charge is 0.494 e. The van der Waals surface area contributed by atoms with Crippen LogP contribution in [0, 0.1) is 0 Å². The van der Waals surface area contributed by atoms with E-state index in [-0.39, 0.29) is 11.8 Å². The van der Waals surface area contributed by atoms with Crippen LogP contribution in [0.4, 0.5) is 0 Å². The molecule has 2 aromatic carbocycles. The molecule has 28 heavy (non-hydrogen) atoms. The first kappa shape index (κ1) is 18.5. The van der Waals surface area contributed by atoms with Crippen molar-refractivity contribution in [3.05, 3.63) is 60.0 Å².